The minimum Gasteiger partial charge on any atom is -0.360 e. The van der Waals surface area contributed by atoms with Gasteiger partial charge in [0, 0.05) is 6.54 Å². The van der Waals surface area contributed by atoms with E-state index in [1.54, 1.807) is 0 Å². The molecule has 0 atom stereocenters. The second-order valence-corrected chi connectivity index (χ2v) is 6.09. The predicted molar refractivity (Wildman–Crippen MR) is 66.9 cm³/mol. The number of hydrogen-bond donors (Lipinski definition) is 2. The molecule has 84 valence electrons. The lowest BCUT2D eigenvalue weighted by molar-refractivity contribution is 0.300. The van der Waals surface area contributed by atoms with Crippen LogP contribution < -0.4 is 5.32 Å². The molecule has 1 aliphatic carbocycles. The van der Waals surface area contributed by atoms with Gasteiger partial charge in [-0.2, -0.15) is 0 Å². The fraction of sp³-hybridized carbons (Fsp3) is 0.800. The molecule has 0 radical (unpaired) electrons. The Morgan fingerprint density at radius 2 is 2.20 bits per heavy atom. The second kappa shape index (κ2) is 5.07. The average molecular weight is 243 g/mol. The van der Waals surface area contributed by atoms with Crippen molar-refractivity contribution in [3.63, 3.8) is 0 Å². The topological polar surface area (TPSA) is 40.7 Å². The largest absolute Gasteiger partial charge is 0.360 e. The number of nitrogens with one attached hydrogen (secondary N) is 2. The maximum absolute atomic E-state index is 4.98. The number of rotatable bonds is 3. The monoisotopic (exact) mass is 243 g/mol. The Bertz CT molecular complexity index is 350. The highest BCUT2D eigenvalue weighted by Crippen LogP contribution is 2.28. The zero-order valence-corrected chi connectivity index (χ0v) is 10.6. The summed E-state index contributed by atoms with van der Waals surface area (Å²) in [5.41, 5.74) is 0. The van der Waals surface area contributed by atoms with E-state index in [2.05, 4.69) is 22.4 Å². The van der Waals surface area contributed by atoms with Crippen molar-refractivity contribution in [3.8, 4) is 0 Å². The zero-order valence-electron chi connectivity index (χ0n) is 8.95. The van der Waals surface area contributed by atoms with Crippen molar-refractivity contribution < 1.29 is 0 Å². The van der Waals surface area contributed by atoms with Gasteiger partial charge in [-0.15, -0.1) is 5.10 Å². The fourth-order valence-electron chi connectivity index (χ4n) is 2.07. The Kier molecular flexibility index (Phi) is 3.75. The van der Waals surface area contributed by atoms with E-state index in [1.807, 2.05) is 0 Å². The lowest BCUT2D eigenvalue weighted by atomic mass is 9.83. The molecule has 2 N–H and O–H groups in total. The first-order valence-corrected chi connectivity index (χ1v) is 6.76. The van der Waals surface area contributed by atoms with Gasteiger partial charge in [0.1, 0.15) is 0 Å². The van der Waals surface area contributed by atoms with E-state index in [1.165, 1.54) is 37.0 Å². The summed E-state index contributed by atoms with van der Waals surface area (Å²) in [6, 6.07) is 0. The van der Waals surface area contributed by atoms with Gasteiger partial charge in [-0.3, -0.25) is 5.10 Å². The highest BCUT2D eigenvalue weighted by atomic mass is 32.1. The molecule has 0 saturated heterocycles. The van der Waals surface area contributed by atoms with Crippen LogP contribution >= 0.6 is 23.6 Å². The lowest BCUT2D eigenvalue weighted by Gasteiger charge is -2.25. The molecule has 0 bridgehead atoms. The standard InChI is InChI=1S/C10H17N3S2/c1-7-2-4-8(5-3-7)6-11-9-12-13-10(14)15-9/h7-8H,2-6H2,1H3,(H,11,12)(H,13,14). The van der Waals surface area contributed by atoms with Crippen molar-refractivity contribution in [1.82, 2.24) is 10.2 Å². The molecule has 1 aromatic rings. The molecule has 0 unspecified atom stereocenters. The van der Waals surface area contributed by atoms with E-state index in [-0.39, 0.29) is 0 Å². The second-order valence-electron chi connectivity index (χ2n) is 4.43. The van der Waals surface area contributed by atoms with Crippen LogP contribution in [0.2, 0.25) is 0 Å². The van der Waals surface area contributed by atoms with Crippen LogP contribution in [0.25, 0.3) is 0 Å². The van der Waals surface area contributed by atoms with E-state index < -0.39 is 0 Å². The third-order valence-electron chi connectivity index (χ3n) is 3.12. The van der Waals surface area contributed by atoms with E-state index in [4.69, 9.17) is 12.2 Å². The molecule has 0 aromatic carbocycles. The number of anilines is 1. The van der Waals surface area contributed by atoms with Gasteiger partial charge in [0.15, 0.2) is 3.95 Å². The smallest absolute Gasteiger partial charge is 0.204 e. The molecular formula is C10H17N3S2. The fourth-order valence-corrected chi connectivity index (χ4v) is 2.87. The van der Waals surface area contributed by atoms with Crippen molar-refractivity contribution >= 4 is 28.7 Å². The summed E-state index contributed by atoms with van der Waals surface area (Å²) in [5, 5.41) is 11.2. The molecule has 1 saturated carbocycles. The lowest BCUT2D eigenvalue weighted by Crippen LogP contribution is -2.20. The molecule has 0 amide bonds. The normalized spacial score (nSPS) is 26.5. The highest BCUT2D eigenvalue weighted by Gasteiger charge is 2.17. The summed E-state index contributed by atoms with van der Waals surface area (Å²) in [6.45, 7) is 3.39. The summed E-state index contributed by atoms with van der Waals surface area (Å²) in [4.78, 5) is 0. The Balaban J connectivity index is 1.76. The Labute approximate surface area is 99.3 Å². The van der Waals surface area contributed by atoms with E-state index >= 15 is 0 Å². The average Bonchev–Trinajstić information content (AvgIpc) is 2.64. The van der Waals surface area contributed by atoms with E-state index in [0.29, 0.717) is 0 Å². The van der Waals surface area contributed by atoms with Gasteiger partial charge in [0.2, 0.25) is 5.13 Å². The third-order valence-corrected chi connectivity index (χ3v) is 4.16. The van der Waals surface area contributed by atoms with Crippen LogP contribution in [0.4, 0.5) is 5.13 Å². The van der Waals surface area contributed by atoms with Gasteiger partial charge in [-0.1, -0.05) is 31.1 Å². The predicted octanol–water partition coefficient (Wildman–Crippen LogP) is 3.44. The minimum absolute atomic E-state index is 0.745. The highest BCUT2D eigenvalue weighted by molar-refractivity contribution is 7.73. The molecule has 1 fully saturated rings. The minimum atomic E-state index is 0.745. The Hall–Kier alpha value is -0.420. The molecule has 1 aromatic heterocycles. The third kappa shape index (κ3) is 3.28. The zero-order chi connectivity index (χ0) is 10.7. The van der Waals surface area contributed by atoms with Gasteiger partial charge in [-0.25, -0.2) is 0 Å². The summed E-state index contributed by atoms with van der Waals surface area (Å²) >= 11 is 6.49. The van der Waals surface area contributed by atoms with Crippen molar-refractivity contribution in [1.29, 1.82) is 0 Å². The number of nitrogens with zero attached hydrogens (tertiary/aromatic N) is 1. The van der Waals surface area contributed by atoms with Crippen LogP contribution in [0.5, 0.6) is 0 Å². The summed E-state index contributed by atoms with van der Waals surface area (Å²) in [5.74, 6) is 1.74. The molecule has 0 aliphatic heterocycles. The van der Waals surface area contributed by atoms with Crippen molar-refractivity contribution in [2.45, 2.75) is 32.6 Å². The van der Waals surface area contributed by atoms with Gasteiger partial charge in [0.25, 0.3) is 0 Å². The molecular weight excluding hydrogens is 226 g/mol. The molecule has 1 aliphatic rings. The summed E-state index contributed by atoms with van der Waals surface area (Å²) in [7, 11) is 0. The first-order valence-electron chi connectivity index (χ1n) is 5.53. The van der Waals surface area contributed by atoms with Crippen LogP contribution in [0, 0.1) is 15.8 Å². The first kappa shape index (κ1) is 11.1. The summed E-state index contributed by atoms with van der Waals surface area (Å²) in [6.07, 6.45) is 5.46. The van der Waals surface area contributed by atoms with Crippen molar-refractivity contribution in [2.24, 2.45) is 11.8 Å². The molecule has 1 heterocycles. The first-order chi connectivity index (χ1) is 7.24. The van der Waals surface area contributed by atoms with Gasteiger partial charge >= 0.3 is 0 Å². The number of aromatic nitrogens is 2. The van der Waals surface area contributed by atoms with Crippen LogP contribution in [0.1, 0.15) is 32.6 Å². The molecule has 15 heavy (non-hydrogen) atoms. The van der Waals surface area contributed by atoms with Crippen LogP contribution in [0.3, 0.4) is 0 Å². The maximum Gasteiger partial charge on any atom is 0.204 e. The summed E-state index contributed by atoms with van der Waals surface area (Å²) < 4.78 is 0.745. The molecule has 0 spiro atoms. The van der Waals surface area contributed by atoms with E-state index in [9.17, 15) is 0 Å². The number of H-pyrrole nitrogens is 1. The molecule has 5 heteroatoms. The number of hydrogen-bond acceptors (Lipinski definition) is 4. The van der Waals surface area contributed by atoms with Crippen molar-refractivity contribution in [3.05, 3.63) is 3.95 Å². The van der Waals surface area contributed by atoms with Crippen molar-refractivity contribution in [2.75, 3.05) is 11.9 Å². The quantitative estimate of drug-likeness (QED) is 0.799. The number of aromatic amines is 1. The van der Waals surface area contributed by atoms with E-state index in [0.717, 1.165) is 27.5 Å². The van der Waals surface area contributed by atoms with Gasteiger partial charge < -0.3 is 5.32 Å². The molecule has 2 rings (SSSR count). The molecule has 3 nitrogen and oxygen atoms in total. The van der Waals surface area contributed by atoms with Gasteiger partial charge in [0.05, 0.1) is 0 Å². The SMILES string of the molecule is CC1CCC(CNc2n[nH]c(=S)s2)CC1. The van der Waals surface area contributed by atoms with Crippen LogP contribution in [-0.2, 0) is 0 Å². The Morgan fingerprint density at radius 1 is 1.47 bits per heavy atom. The maximum atomic E-state index is 4.98. The Morgan fingerprint density at radius 3 is 2.80 bits per heavy atom. The van der Waals surface area contributed by atoms with Crippen LogP contribution in [-0.4, -0.2) is 16.7 Å². The van der Waals surface area contributed by atoms with Crippen LogP contribution in [0.15, 0.2) is 0 Å². The van der Waals surface area contributed by atoms with Gasteiger partial charge in [-0.05, 0) is 36.9 Å².